The normalized spacial score (nSPS) is 10.9. The molecule has 0 aliphatic carbocycles. The van der Waals surface area contributed by atoms with Crippen molar-refractivity contribution in [3.05, 3.63) is 115 Å². The van der Waals surface area contributed by atoms with Gasteiger partial charge in [-0.05, 0) is 58.7 Å². The molecule has 0 atom stereocenters. The average Bonchev–Trinajstić information content (AvgIpc) is 2.72. The first kappa shape index (κ1) is 16.6. The highest BCUT2D eigenvalue weighted by Gasteiger charge is 2.05. The van der Waals surface area contributed by atoms with Crippen LogP contribution in [0.5, 0.6) is 0 Å². The van der Waals surface area contributed by atoms with E-state index in [2.05, 4.69) is 103 Å². The zero-order valence-electron chi connectivity index (χ0n) is 14.9. The number of fused-ring (bicyclic) bond motifs is 1. The summed E-state index contributed by atoms with van der Waals surface area (Å²) >= 11 is 0. The summed E-state index contributed by atoms with van der Waals surface area (Å²) in [4.78, 5) is 0. The molecule has 0 spiro atoms. The number of unbranched alkanes of at least 4 members (excludes halogenated alkanes) is 1. The maximum Gasteiger partial charge on any atom is -0.00866 e. The summed E-state index contributed by atoms with van der Waals surface area (Å²) in [6.45, 7) is 0. The smallest absolute Gasteiger partial charge is 0.00866 e. The summed E-state index contributed by atoms with van der Waals surface area (Å²) in [5.41, 5.74) is 5.39. The van der Waals surface area contributed by atoms with E-state index in [1.807, 2.05) is 0 Å². The SMILES string of the molecule is [CH](CCCc1cccc2ccccc12)c1ccccc1-c1ccccc1. The highest BCUT2D eigenvalue weighted by Crippen LogP contribution is 2.26. The molecule has 4 aromatic carbocycles. The standard InChI is InChI=1S/C26H23/c1-2-11-21(12-3-1)25-19-8-6-15-22(25)13-4-5-14-23-17-10-18-24-16-7-9-20-26(23)24/h1-3,6-13,15-20H,4-5,14H2. The Morgan fingerprint density at radius 2 is 1.35 bits per heavy atom. The number of hydrogen-bond donors (Lipinski definition) is 0. The van der Waals surface area contributed by atoms with Crippen molar-refractivity contribution in [1.82, 2.24) is 0 Å². The molecule has 0 N–H and O–H groups in total. The van der Waals surface area contributed by atoms with Gasteiger partial charge in [0.1, 0.15) is 0 Å². The van der Waals surface area contributed by atoms with E-state index in [0.717, 1.165) is 19.3 Å². The molecule has 0 amide bonds. The largest absolute Gasteiger partial charge is 0.0622 e. The lowest BCUT2D eigenvalue weighted by Gasteiger charge is -2.10. The van der Waals surface area contributed by atoms with Gasteiger partial charge in [0.2, 0.25) is 0 Å². The molecule has 127 valence electrons. The maximum absolute atomic E-state index is 2.38. The topological polar surface area (TPSA) is 0 Å². The summed E-state index contributed by atoms with van der Waals surface area (Å²) in [6, 6.07) is 34.6. The monoisotopic (exact) mass is 335 g/mol. The van der Waals surface area contributed by atoms with Gasteiger partial charge in [-0.15, -0.1) is 0 Å². The molecule has 0 nitrogen and oxygen atoms in total. The minimum Gasteiger partial charge on any atom is -0.0622 e. The first-order valence-electron chi connectivity index (χ1n) is 9.36. The fraction of sp³-hybridized carbons (Fsp3) is 0.115. The van der Waals surface area contributed by atoms with E-state index in [1.54, 1.807) is 0 Å². The van der Waals surface area contributed by atoms with Gasteiger partial charge in [0.15, 0.2) is 0 Å². The Hall–Kier alpha value is -2.86. The zero-order chi connectivity index (χ0) is 17.6. The fourth-order valence-corrected chi connectivity index (χ4v) is 3.62. The number of aryl methyl sites for hydroxylation is 1. The molecule has 0 aliphatic rings. The molecule has 0 heteroatoms. The summed E-state index contributed by atoms with van der Waals surface area (Å²) in [6.07, 6.45) is 5.75. The molecule has 0 saturated carbocycles. The summed E-state index contributed by atoms with van der Waals surface area (Å²) in [5.74, 6) is 0. The van der Waals surface area contributed by atoms with E-state index in [-0.39, 0.29) is 0 Å². The highest BCUT2D eigenvalue weighted by molar-refractivity contribution is 5.85. The maximum atomic E-state index is 2.38. The van der Waals surface area contributed by atoms with Crippen molar-refractivity contribution < 1.29 is 0 Å². The molecule has 26 heavy (non-hydrogen) atoms. The quantitative estimate of drug-likeness (QED) is 0.330. The van der Waals surface area contributed by atoms with Crippen molar-refractivity contribution in [3.63, 3.8) is 0 Å². The molecular formula is C26H23. The van der Waals surface area contributed by atoms with Crippen LogP contribution >= 0.6 is 0 Å². The lowest BCUT2D eigenvalue weighted by Crippen LogP contribution is -1.91. The van der Waals surface area contributed by atoms with E-state index in [0.29, 0.717) is 0 Å². The lowest BCUT2D eigenvalue weighted by atomic mass is 9.94. The van der Waals surface area contributed by atoms with Crippen LogP contribution in [0.4, 0.5) is 0 Å². The average molecular weight is 335 g/mol. The van der Waals surface area contributed by atoms with E-state index in [9.17, 15) is 0 Å². The molecule has 0 aromatic heterocycles. The molecule has 4 rings (SSSR count). The van der Waals surface area contributed by atoms with Gasteiger partial charge in [-0.25, -0.2) is 0 Å². The molecule has 4 aromatic rings. The molecule has 0 aliphatic heterocycles. The molecule has 0 fully saturated rings. The molecular weight excluding hydrogens is 312 g/mol. The van der Waals surface area contributed by atoms with Gasteiger partial charge in [-0.1, -0.05) is 97.1 Å². The Morgan fingerprint density at radius 1 is 0.615 bits per heavy atom. The lowest BCUT2D eigenvalue weighted by molar-refractivity contribution is 0.820. The Kier molecular flexibility index (Phi) is 5.12. The number of hydrogen-bond acceptors (Lipinski definition) is 0. The summed E-state index contributed by atoms with van der Waals surface area (Å²) in [7, 11) is 0. The van der Waals surface area contributed by atoms with Crippen molar-refractivity contribution in [2.45, 2.75) is 19.3 Å². The highest BCUT2D eigenvalue weighted by atomic mass is 14.1. The Morgan fingerprint density at radius 3 is 2.27 bits per heavy atom. The first-order valence-corrected chi connectivity index (χ1v) is 9.36. The van der Waals surface area contributed by atoms with Gasteiger partial charge in [0.05, 0.1) is 0 Å². The molecule has 0 heterocycles. The van der Waals surface area contributed by atoms with Crippen LogP contribution in [-0.4, -0.2) is 0 Å². The minimum absolute atomic E-state index is 1.09. The fourth-order valence-electron chi connectivity index (χ4n) is 3.62. The van der Waals surface area contributed by atoms with Gasteiger partial charge >= 0.3 is 0 Å². The van der Waals surface area contributed by atoms with E-state index >= 15 is 0 Å². The third-order valence-corrected chi connectivity index (χ3v) is 4.94. The summed E-state index contributed by atoms with van der Waals surface area (Å²) in [5, 5.41) is 2.73. The van der Waals surface area contributed by atoms with Gasteiger partial charge in [-0.3, -0.25) is 0 Å². The Bertz CT molecular complexity index is 977. The van der Waals surface area contributed by atoms with Crippen LogP contribution in [0.3, 0.4) is 0 Å². The number of rotatable bonds is 6. The van der Waals surface area contributed by atoms with Crippen molar-refractivity contribution in [2.75, 3.05) is 0 Å². The Balaban J connectivity index is 1.43. The zero-order valence-corrected chi connectivity index (χ0v) is 14.9. The molecule has 0 unspecified atom stereocenters. The van der Waals surface area contributed by atoms with Crippen molar-refractivity contribution >= 4 is 10.8 Å². The second kappa shape index (κ2) is 8.01. The third kappa shape index (κ3) is 3.70. The van der Waals surface area contributed by atoms with Gasteiger partial charge in [0, 0.05) is 0 Å². The van der Waals surface area contributed by atoms with Gasteiger partial charge in [-0.2, -0.15) is 0 Å². The van der Waals surface area contributed by atoms with E-state index < -0.39 is 0 Å². The molecule has 0 bridgehead atoms. The van der Waals surface area contributed by atoms with Crippen LogP contribution in [0.25, 0.3) is 21.9 Å². The van der Waals surface area contributed by atoms with Crippen molar-refractivity contribution in [3.8, 4) is 11.1 Å². The predicted molar refractivity (Wildman–Crippen MR) is 112 cm³/mol. The van der Waals surface area contributed by atoms with Crippen LogP contribution < -0.4 is 0 Å². The van der Waals surface area contributed by atoms with Crippen molar-refractivity contribution in [2.24, 2.45) is 0 Å². The van der Waals surface area contributed by atoms with Gasteiger partial charge < -0.3 is 0 Å². The second-order valence-electron chi connectivity index (χ2n) is 6.69. The second-order valence-corrected chi connectivity index (χ2v) is 6.69. The van der Waals surface area contributed by atoms with Crippen molar-refractivity contribution in [1.29, 1.82) is 0 Å². The van der Waals surface area contributed by atoms with E-state index in [1.165, 1.54) is 33.0 Å². The molecule has 0 saturated heterocycles. The third-order valence-electron chi connectivity index (χ3n) is 4.94. The summed E-state index contributed by atoms with van der Waals surface area (Å²) < 4.78 is 0. The Labute approximate surface area is 156 Å². The van der Waals surface area contributed by atoms with Crippen LogP contribution in [0.1, 0.15) is 24.0 Å². The van der Waals surface area contributed by atoms with Gasteiger partial charge in [0.25, 0.3) is 0 Å². The van der Waals surface area contributed by atoms with Crippen LogP contribution in [0.2, 0.25) is 0 Å². The predicted octanol–water partition coefficient (Wildman–Crippen LogP) is 7.08. The first-order chi connectivity index (χ1) is 12.9. The number of benzene rings is 4. The minimum atomic E-state index is 1.09. The van der Waals surface area contributed by atoms with Crippen LogP contribution in [-0.2, 0) is 6.42 Å². The van der Waals surface area contributed by atoms with Crippen LogP contribution in [0, 0.1) is 6.42 Å². The van der Waals surface area contributed by atoms with E-state index in [4.69, 9.17) is 0 Å². The molecule has 1 radical (unpaired) electrons. The van der Waals surface area contributed by atoms with Crippen LogP contribution in [0.15, 0.2) is 97.1 Å².